The minimum absolute atomic E-state index is 0.00840. The van der Waals surface area contributed by atoms with Gasteiger partial charge >= 0.3 is 29.8 Å². The lowest BCUT2D eigenvalue weighted by molar-refractivity contribution is -0.348. The van der Waals surface area contributed by atoms with E-state index < -0.39 is 114 Å². The van der Waals surface area contributed by atoms with Gasteiger partial charge in [0.15, 0.2) is 11.9 Å². The number of aliphatic hydroxyl groups is 4. The number of fused-ring (bicyclic) bond motifs is 6. The lowest BCUT2D eigenvalue weighted by Gasteiger charge is -2.53. The summed E-state index contributed by atoms with van der Waals surface area (Å²) in [5.41, 5.74) is -1.96. The predicted molar refractivity (Wildman–Crippen MR) is 210 cm³/mol. The Morgan fingerprint density at radius 1 is 0.900 bits per heavy atom. The number of aliphatic hydroxyl groups excluding tert-OH is 2. The molecule has 4 rings (SSSR count). The molecule has 0 spiro atoms. The van der Waals surface area contributed by atoms with Crippen molar-refractivity contribution in [1.82, 2.24) is 0 Å². The number of esters is 5. The number of carbonyl (C=O) groups excluding carboxylic acids is 5. The van der Waals surface area contributed by atoms with E-state index >= 15 is 0 Å². The van der Waals surface area contributed by atoms with Crippen molar-refractivity contribution in [2.24, 2.45) is 10.8 Å². The fourth-order valence-electron chi connectivity index (χ4n) is 8.34. The van der Waals surface area contributed by atoms with Crippen molar-refractivity contribution in [2.45, 2.75) is 179 Å². The smallest absolute Gasteiger partial charge is 0.330 e. The first kappa shape index (κ1) is 49.0. The number of methoxy groups -OCH3 is 2. The van der Waals surface area contributed by atoms with E-state index in [9.17, 15) is 44.4 Å². The van der Waals surface area contributed by atoms with E-state index in [0.717, 1.165) is 6.08 Å². The second kappa shape index (κ2) is 20.0. The average Bonchev–Trinajstić information content (AvgIpc) is 3.13. The Hall–Kier alpha value is -3.71. The Balaban J connectivity index is 1.89. The molecule has 0 aromatic rings. The van der Waals surface area contributed by atoms with Crippen molar-refractivity contribution in [2.75, 3.05) is 14.2 Å². The SMILES string of the molecule is CCCC(=O)OC1/C(=C\C(=O)OC)CC2CC(C(C)O)OC(=O)CC(O)CC3CC(OC(C)=O)C(C)(C)C(O)(CC4C/C(=C/C(=O)OC)CC(/C=C\C(C)(C)C1(O)O2)O4)O3. The molecule has 60 heavy (non-hydrogen) atoms. The van der Waals surface area contributed by atoms with Crippen LogP contribution >= 0.6 is 0 Å². The zero-order valence-corrected chi connectivity index (χ0v) is 36.2. The molecule has 4 aliphatic heterocycles. The molecule has 4 heterocycles. The molecule has 0 aromatic heterocycles. The largest absolute Gasteiger partial charge is 0.466 e. The minimum atomic E-state index is -2.41. The summed E-state index contributed by atoms with van der Waals surface area (Å²) in [4.78, 5) is 64.1. The lowest BCUT2D eigenvalue weighted by atomic mass is 9.70. The van der Waals surface area contributed by atoms with Crippen molar-refractivity contribution in [1.29, 1.82) is 0 Å². The predicted octanol–water partition coefficient (Wildman–Crippen LogP) is 3.17. The highest BCUT2D eigenvalue weighted by Gasteiger charge is 2.59. The van der Waals surface area contributed by atoms with Crippen molar-refractivity contribution in [3.63, 3.8) is 0 Å². The summed E-state index contributed by atoms with van der Waals surface area (Å²) < 4.78 is 46.5. The molecule has 338 valence electrons. The van der Waals surface area contributed by atoms with Crippen LogP contribution in [0.2, 0.25) is 0 Å². The van der Waals surface area contributed by atoms with E-state index in [-0.39, 0.29) is 56.9 Å². The first-order valence-corrected chi connectivity index (χ1v) is 20.6. The molecule has 3 fully saturated rings. The van der Waals surface area contributed by atoms with Crippen LogP contribution in [-0.4, -0.2) is 131 Å². The van der Waals surface area contributed by atoms with Crippen molar-refractivity contribution in [3.8, 4) is 0 Å². The standard InChI is InChI=1S/C43H64O17/c1-10-11-35(47)58-39-27(18-37(49)54-9)17-30-21-33(24(2)44)57-38(50)20-28(46)19-31-22-34(55-25(3)45)41(6,7)42(51,59-31)23-32-15-26(16-36(48)53-8)14-29(56-32)12-13-40(4,5)43(39,52)60-30/h12-13,16,18,24,28-34,39,44,46,51-52H,10-11,14-15,17,19-23H2,1-9H3/b13-12-,26-16+,27-18-. The molecule has 0 radical (unpaired) electrons. The first-order chi connectivity index (χ1) is 27.9. The molecule has 0 aromatic carbocycles. The Bertz CT molecular complexity index is 1660. The van der Waals surface area contributed by atoms with Crippen LogP contribution < -0.4 is 0 Å². The van der Waals surface area contributed by atoms with E-state index in [2.05, 4.69) is 0 Å². The van der Waals surface area contributed by atoms with Gasteiger partial charge < -0.3 is 58.3 Å². The molecule has 6 bridgehead atoms. The van der Waals surface area contributed by atoms with Gasteiger partial charge in [0.1, 0.15) is 12.2 Å². The van der Waals surface area contributed by atoms with E-state index in [1.54, 1.807) is 46.8 Å². The molecule has 17 nitrogen and oxygen atoms in total. The first-order valence-electron chi connectivity index (χ1n) is 20.6. The lowest BCUT2D eigenvalue weighted by Crippen LogP contribution is -2.62. The number of ether oxygens (including phenoxy) is 8. The maximum Gasteiger partial charge on any atom is 0.330 e. The highest BCUT2D eigenvalue weighted by atomic mass is 16.7. The summed E-state index contributed by atoms with van der Waals surface area (Å²) >= 11 is 0. The van der Waals surface area contributed by atoms with Crippen molar-refractivity contribution >= 4 is 29.8 Å². The van der Waals surface area contributed by atoms with Crippen LogP contribution in [0, 0.1) is 10.8 Å². The Morgan fingerprint density at radius 2 is 1.57 bits per heavy atom. The monoisotopic (exact) mass is 852 g/mol. The maximum absolute atomic E-state index is 13.4. The van der Waals surface area contributed by atoms with E-state index in [0.29, 0.717) is 12.0 Å². The summed E-state index contributed by atoms with van der Waals surface area (Å²) in [6.45, 7) is 11.0. The molecule has 0 amide bonds. The molecule has 11 unspecified atom stereocenters. The van der Waals surface area contributed by atoms with Gasteiger partial charge in [-0.1, -0.05) is 52.3 Å². The van der Waals surface area contributed by atoms with E-state index in [1.165, 1.54) is 34.1 Å². The van der Waals surface area contributed by atoms with E-state index in [4.69, 9.17) is 37.9 Å². The Kier molecular flexibility index (Phi) is 16.3. The van der Waals surface area contributed by atoms with Gasteiger partial charge in [-0.25, -0.2) is 9.59 Å². The van der Waals surface area contributed by atoms with Crippen LogP contribution in [0.3, 0.4) is 0 Å². The van der Waals surface area contributed by atoms with Crippen LogP contribution in [0.4, 0.5) is 0 Å². The zero-order chi connectivity index (χ0) is 44.8. The Morgan fingerprint density at radius 3 is 2.18 bits per heavy atom. The van der Waals surface area contributed by atoms with Gasteiger partial charge in [-0.3, -0.25) is 14.4 Å². The molecule has 11 atom stereocenters. The van der Waals surface area contributed by atoms with Crippen LogP contribution in [-0.2, 0) is 61.9 Å². The minimum Gasteiger partial charge on any atom is -0.466 e. The summed E-state index contributed by atoms with van der Waals surface area (Å²) in [7, 11) is 2.41. The quantitative estimate of drug-likeness (QED) is 0.124. The molecule has 4 aliphatic rings. The van der Waals surface area contributed by atoms with Gasteiger partial charge in [-0.2, -0.15) is 0 Å². The fourth-order valence-corrected chi connectivity index (χ4v) is 8.34. The number of hydrogen-bond donors (Lipinski definition) is 4. The van der Waals surface area contributed by atoms with Crippen LogP contribution in [0.25, 0.3) is 0 Å². The highest BCUT2D eigenvalue weighted by Crippen LogP contribution is 2.50. The third-order valence-electron chi connectivity index (χ3n) is 11.9. The van der Waals surface area contributed by atoms with Crippen LogP contribution in [0.1, 0.15) is 113 Å². The summed E-state index contributed by atoms with van der Waals surface area (Å²) in [5, 5.41) is 47.3. The third-order valence-corrected chi connectivity index (χ3v) is 11.9. The molecule has 4 N–H and O–H groups in total. The topological polar surface area (TPSA) is 240 Å². The van der Waals surface area contributed by atoms with Gasteiger partial charge in [-0.15, -0.1) is 0 Å². The van der Waals surface area contributed by atoms with E-state index in [1.807, 2.05) is 0 Å². The van der Waals surface area contributed by atoms with Crippen LogP contribution in [0.5, 0.6) is 0 Å². The van der Waals surface area contributed by atoms with Gasteiger partial charge in [-0.05, 0) is 38.2 Å². The maximum atomic E-state index is 13.4. The molecular weight excluding hydrogens is 788 g/mol. The molecule has 0 saturated carbocycles. The summed E-state index contributed by atoms with van der Waals surface area (Å²) in [5.74, 6) is -8.01. The summed E-state index contributed by atoms with van der Waals surface area (Å²) in [6.07, 6.45) is -4.54. The molecule has 3 saturated heterocycles. The normalized spacial score (nSPS) is 37.1. The average molecular weight is 853 g/mol. The fraction of sp³-hybridized carbons (Fsp3) is 0.744. The second-order valence-corrected chi connectivity index (χ2v) is 17.5. The molecule has 17 heteroatoms. The number of cyclic esters (lactones) is 1. The van der Waals surface area contributed by atoms with Crippen LogP contribution in [0.15, 0.2) is 35.5 Å². The molecule has 0 aliphatic carbocycles. The Labute approximate surface area is 351 Å². The van der Waals surface area contributed by atoms with Crippen molar-refractivity contribution in [3.05, 3.63) is 35.5 Å². The summed E-state index contributed by atoms with van der Waals surface area (Å²) in [6, 6.07) is 0. The van der Waals surface area contributed by atoms with Crippen molar-refractivity contribution < 1.29 is 82.3 Å². The van der Waals surface area contributed by atoms with Gasteiger partial charge in [0.2, 0.25) is 5.79 Å². The van der Waals surface area contributed by atoms with Gasteiger partial charge in [0.25, 0.3) is 0 Å². The highest BCUT2D eigenvalue weighted by molar-refractivity contribution is 5.83. The number of rotatable bonds is 7. The zero-order valence-electron chi connectivity index (χ0n) is 36.2. The van der Waals surface area contributed by atoms with Gasteiger partial charge in [0, 0.05) is 56.6 Å². The van der Waals surface area contributed by atoms with Gasteiger partial charge in [0.05, 0.1) is 62.7 Å². The third kappa shape index (κ3) is 11.8. The second-order valence-electron chi connectivity index (χ2n) is 17.5. The number of carbonyl (C=O) groups is 5. The number of hydrogen-bond acceptors (Lipinski definition) is 17. The molecular formula is C43H64O17.